The number of anilines is 1. The Morgan fingerprint density at radius 1 is 1.18 bits per heavy atom. The van der Waals surface area contributed by atoms with Crippen molar-refractivity contribution in [3.63, 3.8) is 0 Å². The molecule has 0 radical (unpaired) electrons. The fraction of sp³-hybridized carbons (Fsp3) is 0.270. The van der Waals surface area contributed by atoms with Crippen molar-refractivity contribution < 1.29 is 19.4 Å². The summed E-state index contributed by atoms with van der Waals surface area (Å²) in [4.78, 5) is 20.0. The second-order valence-electron chi connectivity index (χ2n) is 12.8. The first-order chi connectivity index (χ1) is 21.5. The quantitative estimate of drug-likeness (QED) is 0.216. The van der Waals surface area contributed by atoms with Crippen LogP contribution in [0.2, 0.25) is 0 Å². The van der Waals surface area contributed by atoms with Crippen molar-refractivity contribution in [2.24, 2.45) is 7.05 Å². The number of fused-ring (bicyclic) bond motifs is 2. The number of carbonyl (C=O) groups is 1. The fourth-order valence-corrected chi connectivity index (χ4v) is 6.70. The number of pyridine rings is 1. The van der Waals surface area contributed by atoms with Crippen LogP contribution in [0.1, 0.15) is 54.7 Å². The van der Waals surface area contributed by atoms with Gasteiger partial charge in [-0.3, -0.25) is 9.67 Å². The number of carboxylic acid groups (broad SMARTS) is 1. The van der Waals surface area contributed by atoms with Gasteiger partial charge in [0.2, 0.25) is 0 Å². The Morgan fingerprint density at radius 3 is 2.78 bits per heavy atom. The summed E-state index contributed by atoms with van der Waals surface area (Å²) in [7, 11) is 1.94. The SMILES string of the molecule is C=C1C=Cc2c(cc(C)c(C(OC(C)(C)C)C(=O)O)c2-c2ccc3c4c(ccnc24)CCO3)N1Cc1cccc2c1cnn2C. The lowest BCUT2D eigenvalue weighted by Crippen LogP contribution is -2.29. The lowest BCUT2D eigenvalue weighted by Gasteiger charge is -2.35. The van der Waals surface area contributed by atoms with E-state index in [0.717, 1.165) is 73.2 Å². The smallest absolute Gasteiger partial charge is 0.337 e. The fourth-order valence-electron chi connectivity index (χ4n) is 6.70. The number of hydrogen-bond acceptors (Lipinski definition) is 6. The molecule has 8 heteroatoms. The molecule has 0 spiro atoms. The van der Waals surface area contributed by atoms with Crippen LogP contribution in [0.5, 0.6) is 5.75 Å². The summed E-state index contributed by atoms with van der Waals surface area (Å²) in [5.41, 5.74) is 9.14. The van der Waals surface area contributed by atoms with Gasteiger partial charge in [0.25, 0.3) is 0 Å². The lowest BCUT2D eigenvalue weighted by atomic mass is 9.83. The van der Waals surface area contributed by atoms with Gasteiger partial charge in [0.05, 0.1) is 29.4 Å². The zero-order valence-electron chi connectivity index (χ0n) is 26.2. The zero-order valence-corrected chi connectivity index (χ0v) is 26.2. The van der Waals surface area contributed by atoms with E-state index in [1.807, 2.05) is 88.2 Å². The van der Waals surface area contributed by atoms with Gasteiger partial charge in [0.15, 0.2) is 6.10 Å². The summed E-state index contributed by atoms with van der Waals surface area (Å²) in [6.45, 7) is 13.2. The van der Waals surface area contributed by atoms with Crippen LogP contribution in [0.25, 0.3) is 39.0 Å². The van der Waals surface area contributed by atoms with Crippen LogP contribution in [0.4, 0.5) is 5.69 Å². The minimum absolute atomic E-state index is 0.564. The van der Waals surface area contributed by atoms with Gasteiger partial charge < -0.3 is 19.5 Å². The van der Waals surface area contributed by atoms with Crippen molar-refractivity contribution in [3.05, 3.63) is 101 Å². The van der Waals surface area contributed by atoms with Gasteiger partial charge in [0.1, 0.15) is 5.75 Å². The number of benzene rings is 3. The van der Waals surface area contributed by atoms with Crippen LogP contribution >= 0.6 is 0 Å². The third kappa shape index (κ3) is 4.86. The number of carboxylic acids is 1. The number of allylic oxidation sites excluding steroid dienone is 1. The van der Waals surface area contributed by atoms with Crippen LogP contribution in [0.15, 0.2) is 73.2 Å². The number of rotatable bonds is 6. The van der Waals surface area contributed by atoms with E-state index in [4.69, 9.17) is 14.5 Å². The molecule has 0 amide bonds. The third-order valence-corrected chi connectivity index (χ3v) is 8.68. The zero-order chi connectivity index (χ0) is 31.6. The van der Waals surface area contributed by atoms with Crippen LogP contribution in [-0.2, 0) is 29.5 Å². The average molecular weight is 601 g/mol. The second-order valence-corrected chi connectivity index (χ2v) is 12.8. The van der Waals surface area contributed by atoms with Crippen molar-refractivity contribution in [2.45, 2.75) is 52.4 Å². The predicted octanol–water partition coefficient (Wildman–Crippen LogP) is 7.52. The highest BCUT2D eigenvalue weighted by Gasteiger charge is 2.35. The van der Waals surface area contributed by atoms with Crippen LogP contribution in [0, 0.1) is 6.92 Å². The summed E-state index contributed by atoms with van der Waals surface area (Å²) < 4.78 is 14.2. The molecule has 0 aliphatic carbocycles. The first-order valence-corrected chi connectivity index (χ1v) is 15.2. The minimum Gasteiger partial charge on any atom is -0.493 e. The summed E-state index contributed by atoms with van der Waals surface area (Å²) in [5.74, 6) is -0.250. The van der Waals surface area contributed by atoms with Crippen LogP contribution in [0.3, 0.4) is 0 Å². The highest BCUT2D eigenvalue weighted by molar-refractivity contribution is 6.04. The molecule has 2 aliphatic heterocycles. The van der Waals surface area contributed by atoms with Crippen molar-refractivity contribution >= 4 is 39.5 Å². The average Bonchev–Trinajstić information content (AvgIpc) is 3.38. The van der Waals surface area contributed by atoms with E-state index in [-0.39, 0.29) is 0 Å². The third-order valence-electron chi connectivity index (χ3n) is 8.68. The number of aromatic nitrogens is 3. The molecule has 1 N–H and O–H groups in total. The predicted molar refractivity (Wildman–Crippen MR) is 177 cm³/mol. The van der Waals surface area contributed by atoms with E-state index in [2.05, 4.69) is 34.8 Å². The van der Waals surface area contributed by atoms with E-state index in [1.165, 1.54) is 5.56 Å². The molecule has 8 nitrogen and oxygen atoms in total. The van der Waals surface area contributed by atoms with E-state index < -0.39 is 17.7 Å². The maximum Gasteiger partial charge on any atom is 0.337 e. The molecule has 0 bridgehead atoms. The Kier molecular flexibility index (Phi) is 6.78. The number of ether oxygens (including phenoxy) is 2. The second kappa shape index (κ2) is 10.6. The van der Waals surface area contributed by atoms with Crippen molar-refractivity contribution in [3.8, 4) is 16.9 Å². The van der Waals surface area contributed by atoms with Gasteiger partial charge in [-0.2, -0.15) is 5.10 Å². The van der Waals surface area contributed by atoms with Gasteiger partial charge in [-0.05, 0) is 86.4 Å². The van der Waals surface area contributed by atoms with Crippen molar-refractivity contribution in [1.29, 1.82) is 0 Å². The maximum absolute atomic E-state index is 13.0. The van der Waals surface area contributed by atoms with E-state index in [0.29, 0.717) is 18.7 Å². The summed E-state index contributed by atoms with van der Waals surface area (Å²) >= 11 is 0. The molecule has 5 aromatic rings. The largest absolute Gasteiger partial charge is 0.493 e. The molecule has 1 unspecified atom stereocenters. The summed E-state index contributed by atoms with van der Waals surface area (Å²) in [6.07, 6.45) is 7.35. The normalized spacial score (nSPS) is 15.0. The molecule has 3 aromatic carbocycles. The molecule has 0 saturated heterocycles. The number of aliphatic carboxylic acids is 1. The molecule has 7 rings (SSSR count). The molecular formula is C37H36N4O4. The molecule has 0 fully saturated rings. The molecule has 228 valence electrons. The first kappa shape index (κ1) is 28.8. The Labute approximate surface area is 262 Å². The van der Waals surface area contributed by atoms with Crippen molar-refractivity contribution in [2.75, 3.05) is 11.5 Å². The first-order valence-electron chi connectivity index (χ1n) is 15.2. The number of aryl methyl sites for hydroxylation is 2. The van der Waals surface area contributed by atoms with E-state index in [9.17, 15) is 9.90 Å². The molecular weight excluding hydrogens is 564 g/mol. The van der Waals surface area contributed by atoms with E-state index in [1.54, 1.807) is 0 Å². The summed E-state index contributed by atoms with van der Waals surface area (Å²) in [6, 6.07) is 14.3. The Morgan fingerprint density at radius 2 is 2.00 bits per heavy atom. The van der Waals surface area contributed by atoms with Gasteiger partial charge >= 0.3 is 5.97 Å². The van der Waals surface area contributed by atoms with Gasteiger partial charge in [-0.1, -0.05) is 24.8 Å². The Balaban J connectivity index is 1.51. The number of nitrogens with zero attached hydrogens (tertiary/aromatic N) is 4. The van der Waals surface area contributed by atoms with Crippen molar-refractivity contribution in [1.82, 2.24) is 14.8 Å². The molecule has 0 saturated carbocycles. The highest BCUT2D eigenvalue weighted by atomic mass is 16.5. The Hall–Kier alpha value is -4.95. The molecule has 4 heterocycles. The van der Waals surface area contributed by atoms with Gasteiger partial charge in [-0.25, -0.2) is 4.79 Å². The minimum atomic E-state index is -1.21. The topological polar surface area (TPSA) is 89.7 Å². The molecule has 2 aliphatic rings. The molecule has 2 aromatic heterocycles. The summed E-state index contributed by atoms with van der Waals surface area (Å²) in [5, 5.41) is 17.2. The maximum atomic E-state index is 13.0. The Bertz CT molecular complexity index is 2060. The molecule has 45 heavy (non-hydrogen) atoms. The van der Waals surface area contributed by atoms with E-state index >= 15 is 0 Å². The van der Waals surface area contributed by atoms with Crippen LogP contribution < -0.4 is 9.64 Å². The monoisotopic (exact) mass is 600 g/mol. The van der Waals surface area contributed by atoms with Gasteiger partial charge in [0, 0.05) is 65.1 Å². The standard InChI is InChI=1S/C37H36N4O4/c1-21-18-29-25(11-10-22(2)41(29)20-24-8-7-9-28-27(24)19-39-40(28)6)33(31(21)35(36(42)43)45-37(3,4)5)26-12-13-30-32-23(15-17-44-30)14-16-38-34(26)32/h7-14,16,18-19,35H,2,15,17,20H2,1,3-6H3,(H,42,43). The van der Waals surface area contributed by atoms with Gasteiger partial charge in [-0.15, -0.1) is 0 Å². The highest BCUT2D eigenvalue weighted by Crippen LogP contribution is 2.48. The lowest BCUT2D eigenvalue weighted by molar-refractivity contribution is -0.160. The van der Waals surface area contributed by atoms with Crippen LogP contribution in [-0.4, -0.2) is 38.0 Å². The number of hydrogen-bond donors (Lipinski definition) is 1. The molecule has 1 atom stereocenters.